The molecule has 0 aliphatic heterocycles. The van der Waals surface area contributed by atoms with Gasteiger partial charge in [-0.15, -0.1) is 0 Å². The summed E-state index contributed by atoms with van der Waals surface area (Å²) in [5, 5.41) is 9.54. The largest absolute Gasteiger partial charge is 0.508 e. The molecule has 1 N–H and O–H groups in total. The molecule has 0 aliphatic rings. The summed E-state index contributed by atoms with van der Waals surface area (Å²) < 4.78 is 5.95. The van der Waals surface area contributed by atoms with Gasteiger partial charge < -0.3 is 9.84 Å². The van der Waals surface area contributed by atoms with E-state index in [0.29, 0.717) is 0 Å². The van der Waals surface area contributed by atoms with E-state index in [4.69, 9.17) is 4.74 Å². The monoisotopic (exact) mass is 310 g/mol. The van der Waals surface area contributed by atoms with Crippen LogP contribution >= 0.6 is 12.6 Å². The molecule has 0 radical (unpaired) electrons. The Balaban J connectivity index is 3.59. The number of carbonyl (C=O) groups excluding carboxylic acids is 1. The number of rotatable bonds is 3. The summed E-state index contributed by atoms with van der Waals surface area (Å²) in [5.41, 5.74) is -0.620. The van der Waals surface area contributed by atoms with Gasteiger partial charge in [0.25, 0.3) is 0 Å². The SMILES string of the molecule is CC(C)(C)C(OC(=O)CS)(c1ccc(O)cc1)C(C)(C)C. The third kappa shape index (κ3) is 3.37. The minimum atomic E-state index is -0.826. The van der Waals surface area contributed by atoms with Gasteiger partial charge in [-0.2, -0.15) is 12.6 Å². The van der Waals surface area contributed by atoms with E-state index < -0.39 is 5.60 Å². The van der Waals surface area contributed by atoms with Gasteiger partial charge in [0.1, 0.15) is 11.4 Å². The molecule has 0 spiro atoms. The van der Waals surface area contributed by atoms with Gasteiger partial charge in [0.2, 0.25) is 0 Å². The number of carbonyl (C=O) groups is 1. The van der Waals surface area contributed by atoms with Crippen molar-refractivity contribution in [2.45, 2.75) is 47.1 Å². The first kappa shape index (κ1) is 17.9. The number of aromatic hydroxyl groups is 1. The van der Waals surface area contributed by atoms with E-state index in [0.717, 1.165) is 5.56 Å². The van der Waals surface area contributed by atoms with Crippen molar-refractivity contribution < 1.29 is 14.6 Å². The fraction of sp³-hybridized carbons (Fsp3) is 0.588. The van der Waals surface area contributed by atoms with Crippen LogP contribution in [0.5, 0.6) is 5.75 Å². The molecule has 0 amide bonds. The van der Waals surface area contributed by atoms with Crippen LogP contribution in [0.3, 0.4) is 0 Å². The summed E-state index contributed by atoms with van der Waals surface area (Å²) in [4.78, 5) is 12.0. The van der Waals surface area contributed by atoms with Gasteiger partial charge >= 0.3 is 5.97 Å². The fourth-order valence-corrected chi connectivity index (χ4v) is 3.32. The average Bonchev–Trinajstić information content (AvgIpc) is 2.33. The van der Waals surface area contributed by atoms with Crippen molar-refractivity contribution >= 4 is 18.6 Å². The van der Waals surface area contributed by atoms with Crippen molar-refractivity contribution in [2.75, 3.05) is 5.75 Å². The van der Waals surface area contributed by atoms with Crippen molar-refractivity contribution in [1.82, 2.24) is 0 Å². The van der Waals surface area contributed by atoms with E-state index in [9.17, 15) is 9.90 Å². The number of benzene rings is 1. The second-order valence-corrected chi connectivity index (χ2v) is 7.68. The van der Waals surface area contributed by atoms with Crippen molar-refractivity contribution in [3.05, 3.63) is 29.8 Å². The van der Waals surface area contributed by atoms with Crippen LogP contribution in [0.1, 0.15) is 47.1 Å². The molecule has 1 aromatic carbocycles. The second kappa shape index (κ2) is 5.91. The lowest BCUT2D eigenvalue weighted by molar-refractivity contribution is -0.199. The van der Waals surface area contributed by atoms with Crippen LogP contribution in [0, 0.1) is 10.8 Å². The lowest BCUT2D eigenvalue weighted by Gasteiger charge is -2.52. The molecular formula is C17H26O3S. The number of thiol groups is 1. The topological polar surface area (TPSA) is 46.5 Å². The lowest BCUT2D eigenvalue weighted by atomic mass is 9.59. The molecule has 0 saturated heterocycles. The highest BCUT2D eigenvalue weighted by molar-refractivity contribution is 7.81. The number of hydrogen-bond donors (Lipinski definition) is 2. The minimum absolute atomic E-state index is 0.0337. The standard InChI is InChI=1S/C17H26O3S/c1-15(2,3)17(16(4,5)6,20-14(19)11-21)12-7-9-13(18)10-8-12/h7-10,18,21H,11H2,1-6H3. The number of phenolic OH excluding ortho intramolecular Hbond substituents is 1. The van der Waals surface area contributed by atoms with E-state index in [1.807, 2.05) is 12.1 Å². The minimum Gasteiger partial charge on any atom is -0.508 e. The van der Waals surface area contributed by atoms with Crippen LogP contribution in [0.2, 0.25) is 0 Å². The fourth-order valence-electron chi connectivity index (χ4n) is 3.26. The zero-order valence-corrected chi connectivity index (χ0v) is 14.6. The Kier molecular flexibility index (Phi) is 5.04. The molecule has 0 fully saturated rings. The normalized spacial score (nSPS) is 13.1. The summed E-state index contributed by atoms with van der Waals surface area (Å²) >= 11 is 4.03. The van der Waals surface area contributed by atoms with Gasteiger partial charge in [0.05, 0.1) is 5.75 Å². The highest BCUT2D eigenvalue weighted by Gasteiger charge is 2.55. The highest BCUT2D eigenvalue weighted by atomic mass is 32.1. The molecule has 0 unspecified atom stereocenters. The lowest BCUT2D eigenvalue weighted by Crippen LogP contribution is -2.53. The Bertz CT molecular complexity index is 478. The van der Waals surface area contributed by atoms with Gasteiger partial charge in [0, 0.05) is 10.8 Å². The molecule has 0 aromatic heterocycles. The molecule has 0 saturated carbocycles. The maximum atomic E-state index is 12.0. The zero-order valence-electron chi connectivity index (χ0n) is 13.7. The predicted molar refractivity (Wildman–Crippen MR) is 88.6 cm³/mol. The Morgan fingerprint density at radius 3 is 1.81 bits per heavy atom. The molecular weight excluding hydrogens is 284 g/mol. The number of esters is 1. The zero-order chi connectivity index (χ0) is 16.5. The maximum Gasteiger partial charge on any atom is 0.316 e. The quantitative estimate of drug-likeness (QED) is 0.651. The summed E-state index contributed by atoms with van der Waals surface area (Å²) in [6.45, 7) is 12.3. The van der Waals surface area contributed by atoms with E-state index in [1.165, 1.54) is 0 Å². The summed E-state index contributed by atoms with van der Waals surface area (Å²) in [6, 6.07) is 6.88. The van der Waals surface area contributed by atoms with Crippen LogP contribution in [0.25, 0.3) is 0 Å². The van der Waals surface area contributed by atoms with Crippen molar-refractivity contribution in [3.63, 3.8) is 0 Å². The molecule has 4 heteroatoms. The highest BCUT2D eigenvalue weighted by Crippen LogP contribution is 2.54. The molecule has 118 valence electrons. The average molecular weight is 310 g/mol. The van der Waals surface area contributed by atoms with Crippen LogP contribution in [0.4, 0.5) is 0 Å². The van der Waals surface area contributed by atoms with E-state index in [2.05, 4.69) is 54.2 Å². The van der Waals surface area contributed by atoms with Crippen LogP contribution in [-0.4, -0.2) is 16.8 Å². The first-order valence-electron chi connectivity index (χ1n) is 7.08. The Hall–Kier alpha value is -1.16. The summed E-state index contributed by atoms with van der Waals surface area (Å²) in [6.07, 6.45) is 0. The molecule has 0 aliphatic carbocycles. The maximum absolute atomic E-state index is 12.0. The molecule has 3 nitrogen and oxygen atoms in total. The van der Waals surface area contributed by atoms with Crippen molar-refractivity contribution in [3.8, 4) is 5.75 Å². The Labute approximate surface area is 133 Å². The third-order valence-electron chi connectivity index (χ3n) is 3.78. The van der Waals surface area contributed by atoms with Gasteiger partial charge in [-0.1, -0.05) is 53.7 Å². The number of phenols is 1. The summed E-state index contributed by atoms with van der Waals surface area (Å²) in [7, 11) is 0. The summed E-state index contributed by atoms with van der Waals surface area (Å²) in [5.74, 6) is -0.126. The molecule has 21 heavy (non-hydrogen) atoms. The number of ether oxygens (including phenoxy) is 1. The molecule has 0 heterocycles. The van der Waals surface area contributed by atoms with Crippen molar-refractivity contribution in [2.24, 2.45) is 10.8 Å². The second-order valence-electron chi connectivity index (χ2n) is 7.36. The number of hydrogen-bond acceptors (Lipinski definition) is 4. The van der Waals surface area contributed by atoms with Crippen molar-refractivity contribution in [1.29, 1.82) is 0 Å². The molecule has 0 bridgehead atoms. The van der Waals surface area contributed by atoms with Gasteiger partial charge in [-0.05, 0) is 17.7 Å². The first-order valence-corrected chi connectivity index (χ1v) is 7.71. The van der Waals surface area contributed by atoms with Crippen LogP contribution in [0.15, 0.2) is 24.3 Å². The van der Waals surface area contributed by atoms with E-state index in [1.54, 1.807) is 12.1 Å². The Morgan fingerprint density at radius 2 is 1.48 bits per heavy atom. The third-order valence-corrected chi connectivity index (χ3v) is 4.04. The van der Waals surface area contributed by atoms with Crippen LogP contribution in [-0.2, 0) is 15.1 Å². The molecule has 1 aromatic rings. The molecule has 1 rings (SSSR count). The first-order chi connectivity index (χ1) is 9.45. The Morgan fingerprint density at radius 1 is 1.05 bits per heavy atom. The smallest absolute Gasteiger partial charge is 0.316 e. The van der Waals surface area contributed by atoms with E-state index in [-0.39, 0.29) is 28.3 Å². The molecule has 0 atom stereocenters. The van der Waals surface area contributed by atoms with Gasteiger partial charge in [-0.25, -0.2) is 0 Å². The van der Waals surface area contributed by atoms with Gasteiger partial charge in [-0.3, -0.25) is 4.79 Å². The van der Waals surface area contributed by atoms with Crippen LogP contribution < -0.4 is 0 Å². The van der Waals surface area contributed by atoms with E-state index >= 15 is 0 Å². The van der Waals surface area contributed by atoms with Gasteiger partial charge in [0.15, 0.2) is 0 Å². The predicted octanol–water partition coefficient (Wildman–Crippen LogP) is 4.15.